The summed E-state index contributed by atoms with van der Waals surface area (Å²) < 4.78 is 78.0. The van der Waals surface area contributed by atoms with Crippen molar-refractivity contribution in [3.05, 3.63) is 34.9 Å². The van der Waals surface area contributed by atoms with E-state index in [1.165, 1.54) is 0 Å². The highest BCUT2D eigenvalue weighted by Gasteiger charge is 2.37. The fourth-order valence-corrected chi connectivity index (χ4v) is 5.02. The second-order valence-corrected chi connectivity index (χ2v) is 9.88. The van der Waals surface area contributed by atoms with E-state index in [4.69, 9.17) is 0 Å². The number of rotatable bonds is 7. The largest absolute Gasteiger partial charge is 0.416 e. The van der Waals surface area contributed by atoms with Gasteiger partial charge in [0.2, 0.25) is 0 Å². The topological polar surface area (TPSA) is 53.5 Å². The van der Waals surface area contributed by atoms with Gasteiger partial charge in [0.05, 0.1) is 22.2 Å². The number of carbonyl (C=O) groups excluding carboxylic acids is 1. The summed E-state index contributed by atoms with van der Waals surface area (Å²) in [6.07, 6.45) is -6.36. The Morgan fingerprint density at radius 1 is 0.939 bits per heavy atom. The molecule has 1 unspecified atom stereocenters. The minimum atomic E-state index is -4.98. The van der Waals surface area contributed by atoms with Crippen LogP contribution in [0.3, 0.4) is 0 Å². The Balaban J connectivity index is 1.46. The molecule has 0 spiro atoms. The minimum absolute atomic E-state index is 0.0190. The number of halogens is 6. The molecule has 11 heteroatoms. The summed E-state index contributed by atoms with van der Waals surface area (Å²) in [6, 6.07) is 1.25. The van der Waals surface area contributed by atoms with Crippen molar-refractivity contribution in [1.82, 2.24) is 10.6 Å². The second-order valence-electron chi connectivity index (χ2n) is 8.66. The molecule has 1 atom stereocenters. The van der Waals surface area contributed by atoms with Crippen LogP contribution in [0.2, 0.25) is 0 Å². The van der Waals surface area contributed by atoms with Crippen LogP contribution in [0.5, 0.6) is 0 Å². The summed E-state index contributed by atoms with van der Waals surface area (Å²) in [5.41, 5.74) is -3.63. The van der Waals surface area contributed by atoms with Gasteiger partial charge in [0.15, 0.2) is 0 Å². The van der Waals surface area contributed by atoms with Crippen LogP contribution in [-0.4, -0.2) is 42.4 Å². The van der Waals surface area contributed by atoms with Crippen LogP contribution in [0.1, 0.15) is 54.1 Å². The number of thioether (sulfide) groups is 1. The number of hydrogen-bond acceptors (Lipinski definition) is 4. The van der Waals surface area contributed by atoms with E-state index in [1.54, 1.807) is 11.8 Å². The van der Waals surface area contributed by atoms with E-state index in [-0.39, 0.29) is 18.5 Å². The lowest BCUT2D eigenvalue weighted by Gasteiger charge is -2.29. The zero-order valence-electron chi connectivity index (χ0n) is 18.2. The van der Waals surface area contributed by atoms with Gasteiger partial charge in [0.1, 0.15) is 0 Å². The third-order valence-electron chi connectivity index (χ3n) is 6.03. The molecule has 2 aliphatic rings. The summed E-state index contributed by atoms with van der Waals surface area (Å²) in [6.45, 7) is 3.97. The number of amides is 1. The van der Waals surface area contributed by atoms with Crippen LogP contribution in [0, 0.1) is 11.8 Å². The highest BCUT2D eigenvalue weighted by atomic mass is 32.2. The molecule has 1 amide bonds. The molecule has 1 aromatic carbocycles. The van der Waals surface area contributed by atoms with Gasteiger partial charge in [0, 0.05) is 24.4 Å². The van der Waals surface area contributed by atoms with Crippen molar-refractivity contribution < 1.29 is 31.1 Å². The number of carbonyl (C=O) groups is 1. The lowest BCUT2D eigenvalue weighted by atomic mass is 9.82. The molecule has 1 saturated carbocycles. The van der Waals surface area contributed by atoms with Gasteiger partial charge in [-0.3, -0.25) is 9.79 Å². The van der Waals surface area contributed by atoms with Gasteiger partial charge < -0.3 is 10.6 Å². The van der Waals surface area contributed by atoms with Crippen LogP contribution >= 0.6 is 11.8 Å². The molecular formula is C22H27F6N3OS. The van der Waals surface area contributed by atoms with Gasteiger partial charge in [-0.2, -0.15) is 26.3 Å². The predicted octanol–water partition coefficient (Wildman–Crippen LogP) is 5.38. The molecule has 1 aliphatic carbocycles. The van der Waals surface area contributed by atoms with Gasteiger partial charge in [0.25, 0.3) is 5.91 Å². The van der Waals surface area contributed by atoms with E-state index in [2.05, 4.69) is 15.6 Å². The summed E-state index contributed by atoms with van der Waals surface area (Å²) in [4.78, 5) is 16.9. The number of nitrogens with zero attached hydrogens (tertiary/aromatic N) is 1. The molecule has 2 N–H and O–H groups in total. The van der Waals surface area contributed by atoms with Gasteiger partial charge >= 0.3 is 12.4 Å². The maximum atomic E-state index is 13.0. The first-order valence-electron chi connectivity index (χ1n) is 10.9. The molecule has 1 heterocycles. The van der Waals surface area contributed by atoms with Crippen molar-refractivity contribution in [3.63, 3.8) is 0 Å². The van der Waals surface area contributed by atoms with Crippen molar-refractivity contribution in [1.29, 1.82) is 0 Å². The quantitative estimate of drug-likeness (QED) is 0.499. The normalized spacial score (nSPS) is 24.0. The van der Waals surface area contributed by atoms with Crippen LogP contribution in [0.4, 0.5) is 26.3 Å². The number of aliphatic imine (C=N–C) groups is 1. The summed E-state index contributed by atoms with van der Waals surface area (Å²) in [7, 11) is 0. The maximum Gasteiger partial charge on any atom is 0.416 e. The van der Waals surface area contributed by atoms with E-state index in [0.717, 1.165) is 49.6 Å². The van der Waals surface area contributed by atoms with Crippen LogP contribution < -0.4 is 10.6 Å². The highest BCUT2D eigenvalue weighted by molar-refractivity contribution is 8.14. The molecule has 4 nitrogen and oxygen atoms in total. The van der Waals surface area contributed by atoms with Crippen molar-refractivity contribution in [2.45, 2.75) is 51.0 Å². The summed E-state index contributed by atoms with van der Waals surface area (Å²) in [5, 5.41) is 7.10. The van der Waals surface area contributed by atoms with Crippen LogP contribution in [0.25, 0.3) is 0 Å². The van der Waals surface area contributed by atoms with E-state index >= 15 is 0 Å². The monoisotopic (exact) mass is 495 g/mol. The molecule has 33 heavy (non-hydrogen) atoms. The smallest absolute Gasteiger partial charge is 0.352 e. The van der Waals surface area contributed by atoms with Gasteiger partial charge in [-0.1, -0.05) is 0 Å². The average Bonchev–Trinajstić information content (AvgIpc) is 3.16. The first kappa shape index (κ1) is 25.9. The number of alkyl halides is 6. The lowest BCUT2D eigenvalue weighted by molar-refractivity contribution is -0.143. The molecule has 1 fully saturated rings. The Morgan fingerprint density at radius 3 is 1.97 bits per heavy atom. The molecule has 0 radical (unpaired) electrons. The molecule has 1 aromatic rings. The van der Waals surface area contributed by atoms with E-state index in [9.17, 15) is 31.1 Å². The molecule has 1 aliphatic heterocycles. The first-order valence-corrected chi connectivity index (χ1v) is 11.9. The molecule has 184 valence electrons. The fraction of sp³-hybridized carbons (Fsp3) is 0.636. The lowest BCUT2D eigenvalue weighted by Crippen LogP contribution is -2.35. The Labute approximate surface area is 193 Å². The SMILES string of the molecule is CC1=NC(CNCC2CCC(CNC(=O)c3cc(C(F)(F)F)cc(C(F)(F)F)c3)CC2)CS1. The Morgan fingerprint density at radius 2 is 1.48 bits per heavy atom. The molecular weight excluding hydrogens is 468 g/mol. The Kier molecular flexibility index (Phi) is 8.36. The van der Waals surface area contributed by atoms with Gasteiger partial charge in [-0.15, -0.1) is 11.8 Å². The summed E-state index contributed by atoms with van der Waals surface area (Å²) in [5.74, 6) is 0.730. The van der Waals surface area contributed by atoms with Crippen molar-refractivity contribution >= 4 is 22.7 Å². The van der Waals surface area contributed by atoms with Crippen molar-refractivity contribution in [3.8, 4) is 0 Å². The van der Waals surface area contributed by atoms with E-state index in [1.807, 2.05) is 6.92 Å². The molecule has 0 saturated heterocycles. The first-order chi connectivity index (χ1) is 15.4. The van der Waals surface area contributed by atoms with Gasteiger partial charge in [-0.25, -0.2) is 0 Å². The fourth-order valence-electron chi connectivity index (χ4n) is 4.17. The van der Waals surface area contributed by atoms with Crippen LogP contribution in [-0.2, 0) is 12.4 Å². The minimum Gasteiger partial charge on any atom is -0.352 e. The van der Waals surface area contributed by atoms with E-state index < -0.39 is 35.0 Å². The Hall–Kier alpha value is -1.75. The standard InChI is InChI=1S/C22H27F6N3OS/c1-13-31-19(12-33-13)11-29-9-14-2-4-15(5-3-14)10-30-20(32)16-6-17(21(23,24)25)8-18(7-16)22(26,27)28/h6-8,14-15,19,29H,2-5,9-12H2,1H3,(H,30,32). The summed E-state index contributed by atoms with van der Waals surface area (Å²) >= 11 is 1.77. The van der Waals surface area contributed by atoms with Gasteiger partial charge in [-0.05, 0) is 69.2 Å². The zero-order chi connectivity index (χ0) is 24.2. The number of benzene rings is 1. The second kappa shape index (κ2) is 10.7. The highest BCUT2D eigenvalue weighted by Crippen LogP contribution is 2.36. The maximum absolute atomic E-state index is 13.0. The number of nitrogens with one attached hydrogen (secondary N) is 2. The average molecular weight is 496 g/mol. The molecule has 3 rings (SSSR count). The van der Waals surface area contributed by atoms with Crippen molar-refractivity contribution in [2.24, 2.45) is 16.8 Å². The predicted molar refractivity (Wildman–Crippen MR) is 116 cm³/mol. The molecule has 0 aromatic heterocycles. The van der Waals surface area contributed by atoms with Crippen LogP contribution in [0.15, 0.2) is 23.2 Å². The zero-order valence-corrected chi connectivity index (χ0v) is 19.0. The van der Waals surface area contributed by atoms with E-state index in [0.29, 0.717) is 24.1 Å². The Bertz CT molecular complexity index is 830. The number of hydrogen-bond donors (Lipinski definition) is 2. The third-order valence-corrected chi connectivity index (χ3v) is 7.10. The van der Waals surface area contributed by atoms with Crippen molar-refractivity contribution in [2.75, 3.05) is 25.4 Å². The third kappa shape index (κ3) is 7.63. The molecule has 0 bridgehead atoms.